The van der Waals surface area contributed by atoms with Gasteiger partial charge in [-0.15, -0.1) is 0 Å². The Morgan fingerprint density at radius 2 is 1.89 bits per heavy atom. The summed E-state index contributed by atoms with van der Waals surface area (Å²) in [6, 6.07) is 6.62. The van der Waals surface area contributed by atoms with E-state index in [4.69, 9.17) is 4.98 Å². The van der Waals surface area contributed by atoms with Crippen LogP contribution >= 0.6 is 0 Å². The van der Waals surface area contributed by atoms with E-state index >= 15 is 0 Å². The van der Waals surface area contributed by atoms with Gasteiger partial charge in [0.15, 0.2) is 0 Å². The lowest BCUT2D eigenvalue weighted by molar-refractivity contribution is 0.720. The number of aromatic nitrogens is 2. The van der Waals surface area contributed by atoms with Crippen molar-refractivity contribution >= 4 is 0 Å². The summed E-state index contributed by atoms with van der Waals surface area (Å²) >= 11 is 0. The number of nitrogens with zero attached hydrogens (tertiary/aromatic N) is 2. The molecule has 0 fully saturated rings. The zero-order valence-corrected chi connectivity index (χ0v) is 12.5. The maximum Gasteiger partial charge on any atom is 0.110 e. The van der Waals surface area contributed by atoms with Crippen LogP contribution in [0.1, 0.15) is 22.6 Å². The van der Waals surface area contributed by atoms with Crippen molar-refractivity contribution in [3.05, 3.63) is 40.8 Å². The number of likely N-dealkylation sites (N-methyl/N-ethyl adjacent to an activating group) is 1. The lowest BCUT2D eigenvalue weighted by Gasteiger charge is -2.09. The van der Waals surface area contributed by atoms with Crippen molar-refractivity contribution in [2.75, 3.05) is 13.6 Å². The third-order valence-corrected chi connectivity index (χ3v) is 3.74. The first-order valence-electron chi connectivity index (χ1n) is 6.79. The molecule has 1 aromatic heterocycles. The Bertz CT molecular complexity index is 582. The number of rotatable bonds is 4. The van der Waals surface area contributed by atoms with E-state index in [9.17, 15) is 0 Å². The summed E-state index contributed by atoms with van der Waals surface area (Å²) < 4.78 is 2.22. The number of imidazole rings is 1. The minimum atomic E-state index is 0.955. The van der Waals surface area contributed by atoms with Gasteiger partial charge in [-0.05, 0) is 45.0 Å². The van der Waals surface area contributed by atoms with Gasteiger partial charge in [-0.3, -0.25) is 0 Å². The van der Waals surface area contributed by atoms with Gasteiger partial charge in [-0.2, -0.15) is 0 Å². The highest BCUT2D eigenvalue weighted by atomic mass is 15.1. The van der Waals surface area contributed by atoms with Crippen LogP contribution in [-0.4, -0.2) is 23.1 Å². The first kappa shape index (κ1) is 13.8. The normalized spacial score (nSPS) is 11.0. The molecule has 3 nitrogen and oxygen atoms in total. The second kappa shape index (κ2) is 5.57. The van der Waals surface area contributed by atoms with Crippen molar-refractivity contribution in [2.45, 2.75) is 27.2 Å². The van der Waals surface area contributed by atoms with E-state index in [0.717, 1.165) is 24.5 Å². The van der Waals surface area contributed by atoms with Crippen LogP contribution in [-0.2, 0) is 13.5 Å². The maximum atomic E-state index is 4.70. The van der Waals surface area contributed by atoms with Crippen LogP contribution < -0.4 is 5.32 Å². The van der Waals surface area contributed by atoms with Crippen molar-refractivity contribution in [2.24, 2.45) is 7.05 Å². The van der Waals surface area contributed by atoms with E-state index in [1.165, 1.54) is 22.4 Å². The average molecular weight is 257 g/mol. The predicted octanol–water partition coefficient (Wildman–Crippen LogP) is 2.77. The minimum Gasteiger partial charge on any atom is -0.331 e. The molecule has 0 radical (unpaired) electrons. The summed E-state index contributed by atoms with van der Waals surface area (Å²) in [6.45, 7) is 7.35. The number of hydrogen-bond acceptors (Lipinski definition) is 2. The molecular weight excluding hydrogens is 234 g/mol. The lowest BCUT2D eigenvalue weighted by Crippen LogP contribution is -2.13. The predicted molar refractivity (Wildman–Crippen MR) is 80.5 cm³/mol. The number of nitrogens with one attached hydrogen (secondary N) is 1. The zero-order valence-electron chi connectivity index (χ0n) is 12.5. The van der Waals surface area contributed by atoms with Crippen LogP contribution in [0.5, 0.6) is 0 Å². The Labute approximate surface area is 115 Å². The average Bonchev–Trinajstić information content (AvgIpc) is 2.65. The van der Waals surface area contributed by atoms with Gasteiger partial charge < -0.3 is 9.88 Å². The highest BCUT2D eigenvalue weighted by molar-refractivity contribution is 5.64. The summed E-state index contributed by atoms with van der Waals surface area (Å²) in [5, 5.41) is 3.18. The Hall–Kier alpha value is -1.61. The Morgan fingerprint density at radius 1 is 1.16 bits per heavy atom. The topological polar surface area (TPSA) is 29.9 Å². The van der Waals surface area contributed by atoms with Crippen molar-refractivity contribution in [3.8, 4) is 11.3 Å². The Kier molecular flexibility index (Phi) is 4.05. The van der Waals surface area contributed by atoms with Gasteiger partial charge in [-0.1, -0.05) is 12.1 Å². The molecule has 0 unspecified atom stereocenters. The molecule has 2 aromatic rings. The molecule has 0 atom stereocenters. The van der Waals surface area contributed by atoms with Crippen molar-refractivity contribution < 1.29 is 0 Å². The summed E-state index contributed by atoms with van der Waals surface area (Å²) in [4.78, 5) is 4.70. The monoisotopic (exact) mass is 257 g/mol. The highest BCUT2D eigenvalue weighted by Gasteiger charge is 2.13. The lowest BCUT2D eigenvalue weighted by atomic mass is 10.0. The van der Waals surface area contributed by atoms with Crippen molar-refractivity contribution in [1.82, 2.24) is 14.9 Å². The fourth-order valence-corrected chi connectivity index (χ4v) is 2.44. The van der Waals surface area contributed by atoms with E-state index in [1.807, 2.05) is 7.05 Å². The smallest absolute Gasteiger partial charge is 0.110 e. The number of hydrogen-bond donors (Lipinski definition) is 1. The Morgan fingerprint density at radius 3 is 2.53 bits per heavy atom. The summed E-state index contributed by atoms with van der Waals surface area (Å²) in [5.41, 5.74) is 6.26. The van der Waals surface area contributed by atoms with Gasteiger partial charge in [0.1, 0.15) is 5.82 Å². The largest absolute Gasteiger partial charge is 0.331 e. The second-order valence-electron chi connectivity index (χ2n) is 5.17. The fraction of sp³-hybridized carbons (Fsp3) is 0.438. The molecule has 0 amide bonds. The van der Waals surface area contributed by atoms with Gasteiger partial charge in [0, 0.05) is 25.6 Å². The number of aryl methyl sites for hydroxylation is 3. The summed E-state index contributed by atoms with van der Waals surface area (Å²) in [6.07, 6.45) is 0.957. The van der Waals surface area contributed by atoms with E-state index < -0.39 is 0 Å². The van der Waals surface area contributed by atoms with Crippen LogP contribution in [0.4, 0.5) is 0 Å². The molecule has 0 bridgehead atoms. The third kappa shape index (κ3) is 2.71. The van der Waals surface area contributed by atoms with Gasteiger partial charge in [0.2, 0.25) is 0 Å². The molecule has 1 heterocycles. The van der Waals surface area contributed by atoms with Gasteiger partial charge >= 0.3 is 0 Å². The molecule has 0 spiro atoms. The molecule has 0 saturated carbocycles. The maximum absolute atomic E-state index is 4.70. The molecule has 2 rings (SSSR count). The molecule has 1 aromatic carbocycles. The number of benzene rings is 1. The van der Waals surface area contributed by atoms with Crippen LogP contribution in [0.25, 0.3) is 11.3 Å². The molecular formula is C16H23N3. The van der Waals surface area contributed by atoms with E-state index in [1.54, 1.807) is 0 Å². The Balaban J connectivity index is 2.44. The van der Waals surface area contributed by atoms with Gasteiger partial charge in [0.05, 0.1) is 11.4 Å². The van der Waals surface area contributed by atoms with Gasteiger partial charge in [-0.25, -0.2) is 4.98 Å². The second-order valence-corrected chi connectivity index (χ2v) is 5.17. The van der Waals surface area contributed by atoms with Crippen LogP contribution in [0.15, 0.2) is 18.2 Å². The first-order valence-corrected chi connectivity index (χ1v) is 6.79. The standard InChI is InChI=1S/C16H23N3/c1-11-6-7-14(10-12(11)2)16-13(3)18-15(19(16)5)8-9-17-4/h6-7,10,17H,8-9H2,1-5H3. The van der Waals surface area contributed by atoms with E-state index in [2.05, 4.69) is 55.9 Å². The molecule has 0 saturated heterocycles. The van der Waals surface area contributed by atoms with Crippen LogP contribution in [0.3, 0.4) is 0 Å². The summed E-state index contributed by atoms with van der Waals surface area (Å²) in [5.74, 6) is 1.14. The molecule has 1 N–H and O–H groups in total. The zero-order chi connectivity index (χ0) is 14.0. The third-order valence-electron chi connectivity index (χ3n) is 3.74. The fourth-order valence-electron chi connectivity index (χ4n) is 2.44. The molecule has 19 heavy (non-hydrogen) atoms. The van der Waals surface area contributed by atoms with Crippen LogP contribution in [0.2, 0.25) is 0 Å². The molecule has 0 aliphatic rings. The van der Waals surface area contributed by atoms with E-state index in [0.29, 0.717) is 0 Å². The first-order chi connectivity index (χ1) is 9.04. The summed E-state index contributed by atoms with van der Waals surface area (Å²) in [7, 11) is 4.08. The highest BCUT2D eigenvalue weighted by Crippen LogP contribution is 2.26. The van der Waals surface area contributed by atoms with Crippen LogP contribution in [0, 0.1) is 20.8 Å². The molecule has 0 aliphatic carbocycles. The van der Waals surface area contributed by atoms with Crippen molar-refractivity contribution in [3.63, 3.8) is 0 Å². The SMILES string of the molecule is CNCCc1nc(C)c(-c2ccc(C)c(C)c2)n1C. The van der Waals surface area contributed by atoms with Crippen molar-refractivity contribution in [1.29, 1.82) is 0 Å². The minimum absolute atomic E-state index is 0.955. The molecule has 0 aliphatic heterocycles. The van der Waals surface area contributed by atoms with E-state index in [-0.39, 0.29) is 0 Å². The molecule has 102 valence electrons. The quantitative estimate of drug-likeness (QED) is 0.912. The van der Waals surface area contributed by atoms with Gasteiger partial charge in [0.25, 0.3) is 0 Å². The molecule has 3 heteroatoms.